The number of benzene rings is 2. The monoisotopic (exact) mass is 583 g/mol. The Balaban J connectivity index is 1.29. The first-order valence-corrected chi connectivity index (χ1v) is 13.9. The lowest BCUT2D eigenvalue weighted by atomic mass is 9.82. The van der Waals surface area contributed by atoms with Gasteiger partial charge in [0, 0.05) is 28.5 Å². The third-order valence-corrected chi connectivity index (χ3v) is 7.80. The van der Waals surface area contributed by atoms with Crippen LogP contribution in [0.3, 0.4) is 0 Å². The molecule has 0 bridgehead atoms. The maximum Gasteiger partial charge on any atom is 0.251 e. The van der Waals surface area contributed by atoms with E-state index in [-0.39, 0.29) is 24.9 Å². The zero-order valence-electron chi connectivity index (χ0n) is 23.6. The van der Waals surface area contributed by atoms with E-state index in [0.717, 1.165) is 18.4 Å². The maximum absolute atomic E-state index is 13.7. The van der Waals surface area contributed by atoms with Gasteiger partial charge in [0.15, 0.2) is 0 Å². The van der Waals surface area contributed by atoms with Gasteiger partial charge in [-0.3, -0.25) is 9.59 Å². The van der Waals surface area contributed by atoms with Crippen LogP contribution < -0.4 is 20.5 Å². The Hall–Kier alpha value is -4.90. The lowest BCUT2D eigenvalue weighted by molar-refractivity contribution is -0.123. The Labute approximate surface area is 247 Å². The summed E-state index contributed by atoms with van der Waals surface area (Å²) in [5, 5.41) is 14.4. The second kappa shape index (κ2) is 10.7. The Morgan fingerprint density at radius 2 is 1.95 bits per heavy atom. The van der Waals surface area contributed by atoms with Crippen LogP contribution in [0.4, 0.5) is 4.39 Å². The second-order valence-corrected chi connectivity index (χ2v) is 11.3. The molecule has 2 amide bonds. The van der Waals surface area contributed by atoms with Gasteiger partial charge in [-0.1, -0.05) is 0 Å². The average molecular weight is 584 g/mol. The third kappa shape index (κ3) is 5.51. The van der Waals surface area contributed by atoms with Crippen molar-refractivity contribution < 1.29 is 28.6 Å². The number of amides is 2. The van der Waals surface area contributed by atoms with Gasteiger partial charge in [-0.15, -0.1) is 0 Å². The van der Waals surface area contributed by atoms with Crippen molar-refractivity contribution in [1.29, 1.82) is 0 Å². The maximum atomic E-state index is 13.7. The van der Waals surface area contributed by atoms with Crippen LogP contribution in [0.1, 0.15) is 48.3 Å². The number of ether oxygens (including phenoxy) is 2. The third-order valence-electron chi connectivity index (χ3n) is 7.80. The van der Waals surface area contributed by atoms with Crippen molar-refractivity contribution in [1.82, 2.24) is 20.3 Å². The van der Waals surface area contributed by atoms with Crippen LogP contribution in [-0.4, -0.2) is 51.1 Å². The number of nitrogens with one attached hydrogen (secondary N) is 1. The Bertz CT molecular complexity index is 1710. The fourth-order valence-electron chi connectivity index (χ4n) is 4.90. The Kier molecular flexibility index (Phi) is 7.05. The first-order chi connectivity index (χ1) is 20.5. The van der Waals surface area contributed by atoms with E-state index in [1.54, 1.807) is 43.5 Å². The highest BCUT2D eigenvalue weighted by Crippen LogP contribution is 2.45. The molecular weight excluding hydrogens is 553 g/mol. The number of nitrogens with zero attached hydrogens (tertiary/aromatic N) is 3. The largest absolute Gasteiger partial charge is 0.490 e. The molecule has 4 aromatic rings. The van der Waals surface area contributed by atoms with Gasteiger partial charge in [-0.2, -0.15) is 0 Å². The van der Waals surface area contributed by atoms with Crippen LogP contribution in [0, 0.1) is 5.82 Å². The van der Waals surface area contributed by atoms with Crippen LogP contribution in [0.25, 0.3) is 22.5 Å². The number of halogens is 1. The predicted octanol–water partition coefficient (Wildman–Crippen LogP) is 3.66. The van der Waals surface area contributed by atoms with Gasteiger partial charge in [0.25, 0.3) is 5.91 Å². The summed E-state index contributed by atoms with van der Waals surface area (Å²) in [5.41, 5.74) is 6.15. The summed E-state index contributed by atoms with van der Waals surface area (Å²) in [6.07, 6.45) is 5.06. The molecule has 0 unspecified atom stereocenters. The fourth-order valence-corrected chi connectivity index (χ4v) is 4.90. The zero-order chi connectivity index (χ0) is 30.4. The summed E-state index contributed by atoms with van der Waals surface area (Å²) >= 11 is 0. The number of primary amides is 1. The number of carbonyl (C=O) groups is 2. The van der Waals surface area contributed by atoms with Gasteiger partial charge >= 0.3 is 0 Å². The molecule has 2 aromatic heterocycles. The van der Waals surface area contributed by atoms with E-state index < -0.39 is 28.6 Å². The normalized spacial score (nSPS) is 18.7. The lowest BCUT2D eigenvalue weighted by Crippen LogP contribution is -2.41. The van der Waals surface area contributed by atoms with Crippen LogP contribution in [0.5, 0.6) is 11.5 Å². The van der Waals surface area contributed by atoms with Crippen molar-refractivity contribution in [3.05, 3.63) is 89.8 Å². The SMILES string of the molecule is C[C@](O)(CNC(=O)c1ccc(-c2ccncn2)c(OC2CC2)c1)c1cc2c(c(-c3ccc(F)cc3)n1)OC[C@]2(C)C(N)=O. The van der Waals surface area contributed by atoms with Crippen LogP contribution in [0.15, 0.2) is 67.1 Å². The Morgan fingerprint density at radius 1 is 1.19 bits per heavy atom. The number of aromatic nitrogens is 3. The number of hydrogen-bond acceptors (Lipinski definition) is 8. The molecule has 1 fully saturated rings. The summed E-state index contributed by atoms with van der Waals surface area (Å²) < 4.78 is 25.6. The van der Waals surface area contributed by atoms with Crippen molar-refractivity contribution in [2.45, 2.75) is 43.8 Å². The molecule has 0 saturated heterocycles. The molecule has 43 heavy (non-hydrogen) atoms. The molecule has 3 heterocycles. The highest BCUT2D eigenvalue weighted by Gasteiger charge is 2.45. The highest BCUT2D eigenvalue weighted by molar-refractivity contribution is 5.95. The topological polar surface area (TPSA) is 150 Å². The van der Waals surface area contributed by atoms with Crippen LogP contribution in [-0.2, 0) is 15.8 Å². The van der Waals surface area contributed by atoms with Crippen molar-refractivity contribution in [3.63, 3.8) is 0 Å². The van der Waals surface area contributed by atoms with Crippen molar-refractivity contribution in [3.8, 4) is 34.0 Å². The van der Waals surface area contributed by atoms with E-state index >= 15 is 0 Å². The molecule has 0 radical (unpaired) electrons. The second-order valence-electron chi connectivity index (χ2n) is 11.3. The van der Waals surface area contributed by atoms with Gasteiger partial charge in [0.1, 0.15) is 47.0 Å². The quantitative estimate of drug-likeness (QED) is 0.270. The van der Waals surface area contributed by atoms with Crippen molar-refractivity contribution in [2.24, 2.45) is 5.73 Å². The zero-order valence-corrected chi connectivity index (χ0v) is 23.6. The van der Waals surface area contributed by atoms with E-state index in [9.17, 15) is 19.1 Å². The molecule has 2 aliphatic rings. The fraction of sp³-hybridized carbons (Fsp3) is 0.281. The smallest absolute Gasteiger partial charge is 0.251 e. The average Bonchev–Trinajstić information content (AvgIpc) is 3.76. The van der Waals surface area contributed by atoms with E-state index in [1.165, 1.54) is 37.5 Å². The van der Waals surface area contributed by atoms with Gasteiger partial charge in [-0.05, 0) is 81.3 Å². The molecular formula is C32H30FN5O5. The molecule has 2 aromatic carbocycles. The van der Waals surface area contributed by atoms with Gasteiger partial charge in [-0.25, -0.2) is 19.3 Å². The van der Waals surface area contributed by atoms with E-state index in [0.29, 0.717) is 39.6 Å². The van der Waals surface area contributed by atoms with Crippen LogP contribution in [0.2, 0.25) is 0 Å². The molecule has 4 N–H and O–H groups in total. The summed E-state index contributed by atoms with van der Waals surface area (Å²) in [6.45, 7) is 2.95. The minimum atomic E-state index is -1.67. The van der Waals surface area contributed by atoms with E-state index in [1.807, 2.05) is 0 Å². The first-order valence-electron chi connectivity index (χ1n) is 13.9. The lowest BCUT2D eigenvalue weighted by Gasteiger charge is -2.26. The van der Waals surface area contributed by atoms with Gasteiger partial charge < -0.3 is 25.6 Å². The molecule has 11 heteroatoms. The molecule has 6 rings (SSSR count). The molecule has 1 aliphatic carbocycles. The minimum Gasteiger partial charge on any atom is -0.490 e. The number of pyridine rings is 1. The summed E-state index contributed by atoms with van der Waals surface area (Å²) in [7, 11) is 0. The summed E-state index contributed by atoms with van der Waals surface area (Å²) in [5.74, 6) is -0.583. The molecule has 220 valence electrons. The Morgan fingerprint density at radius 3 is 2.63 bits per heavy atom. The number of nitrogens with two attached hydrogens (primary N) is 1. The van der Waals surface area contributed by atoms with E-state index in [2.05, 4.69) is 20.3 Å². The molecule has 2 atom stereocenters. The first kappa shape index (κ1) is 28.2. The number of hydrogen-bond donors (Lipinski definition) is 3. The summed E-state index contributed by atoms with van der Waals surface area (Å²) in [4.78, 5) is 38.7. The number of carbonyl (C=O) groups excluding carboxylic acids is 2. The van der Waals surface area contributed by atoms with Gasteiger partial charge in [0.2, 0.25) is 5.91 Å². The van der Waals surface area contributed by atoms with Crippen molar-refractivity contribution in [2.75, 3.05) is 13.2 Å². The van der Waals surface area contributed by atoms with Gasteiger partial charge in [0.05, 0.1) is 24.0 Å². The molecule has 10 nitrogen and oxygen atoms in total. The van der Waals surface area contributed by atoms with Crippen LogP contribution >= 0.6 is 0 Å². The number of aliphatic hydroxyl groups is 1. The van der Waals surface area contributed by atoms with E-state index in [4.69, 9.17) is 15.2 Å². The number of fused-ring (bicyclic) bond motifs is 1. The standard InChI is InChI=1S/C32H30FN5O5/c1-31(30(34)40)16-42-28-23(31)14-26(38-27(28)18-3-6-20(33)7-4-18)32(2,41)15-36-29(39)19-5-10-22(24-11-12-35-17-37-24)25(13-19)43-21-8-9-21/h3-7,10-14,17,21,41H,8-9,15-16H2,1-2H3,(H2,34,40)(H,36,39)/t31-,32-/m0/s1. The molecule has 0 spiro atoms. The van der Waals surface area contributed by atoms with Crippen molar-refractivity contribution >= 4 is 11.8 Å². The number of rotatable bonds is 9. The highest BCUT2D eigenvalue weighted by atomic mass is 19.1. The predicted molar refractivity (Wildman–Crippen MR) is 155 cm³/mol. The summed E-state index contributed by atoms with van der Waals surface area (Å²) in [6, 6.07) is 14.1. The minimum absolute atomic E-state index is 0.00779. The molecule has 1 saturated carbocycles. The molecule has 1 aliphatic heterocycles.